The largest absolute Gasteiger partial charge is 0.338 e. The van der Waals surface area contributed by atoms with Crippen molar-refractivity contribution in [3.8, 4) is 0 Å². The first-order chi connectivity index (χ1) is 12.0. The maximum absolute atomic E-state index is 13.3. The molecule has 130 valence electrons. The van der Waals surface area contributed by atoms with Gasteiger partial charge in [-0.2, -0.15) is 0 Å². The van der Waals surface area contributed by atoms with Crippen molar-refractivity contribution in [3.05, 3.63) is 42.2 Å². The fraction of sp³-hybridized carbons (Fsp3) is 0.450. The zero-order valence-electron chi connectivity index (χ0n) is 14.7. The highest BCUT2D eigenvalue weighted by Gasteiger charge is 2.42. The number of nitrogens with zero attached hydrogens (tertiary/aromatic N) is 3. The summed E-state index contributed by atoms with van der Waals surface area (Å²) >= 11 is 0. The second kappa shape index (κ2) is 5.83. The van der Waals surface area contributed by atoms with Crippen molar-refractivity contribution in [1.29, 1.82) is 0 Å². The van der Waals surface area contributed by atoms with Crippen LogP contribution in [0.1, 0.15) is 37.0 Å². The Morgan fingerprint density at radius 3 is 2.68 bits per heavy atom. The van der Waals surface area contributed by atoms with Crippen LogP contribution < -0.4 is 0 Å². The van der Waals surface area contributed by atoms with Crippen LogP contribution in [0.3, 0.4) is 0 Å². The molecule has 25 heavy (non-hydrogen) atoms. The van der Waals surface area contributed by atoms with E-state index in [2.05, 4.69) is 4.98 Å². The highest BCUT2D eigenvalue weighted by atomic mass is 16.2. The van der Waals surface area contributed by atoms with Crippen LogP contribution in [-0.2, 0) is 4.79 Å². The Balaban J connectivity index is 1.60. The Morgan fingerprint density at radius 2 is 1.96 bits per heavy atom. The van der Waals surface area contributed by atoms with Crippen molar-refractivity contribution in [3.63, 3.8) is 0 Å². The van der Waals surface area contributed by atoms with Gasteiger partial charge < -0.3 is 9.80 Å². The Kier molecular flexibility index (Phi) is 3.74. The number of benzene rings is 1. The number of hydrogen-bond acceptors (Lipinski definition) is 3. The summed E-state index contributed by atoms with van der Waals surface area (Å²) in [5.74, 6) is 0.514. The molecule has 4 rings (SSSR count). The third-order valence-electron chi connectivity index (χ3n) is 5.30. The quantitative estimate of drug-likeness (QED) is 0.847. The summed E-state index contributed by atoms with van der Waals surface area (Å²) in [4.78, 5) is 33.6. The molecule has 1 saturated carbocycles. The molecule has 0 spiro atoms. The summed E-state index contributed by atoms with van der Waals surface area (Å²) in [7, 11) is 0. The van der Waals surface area contributed by atoms with Gasteiger partial charge in [0.2, 0.25) is 5.91 Å². The summed E-state index contributed by atoms with van der Waals surface area (Å²) < 4.78 is 0. The fourth-order valence-electron chi connectivity index (χ4n) is 3.76. The fourth-order valence-corrected chi connectivity index (χ4v) is 3.76. The summed E-state index contributed by atoms with van der Waals surface area (Å²) in [5.41, 5.74) is 0.324. The number of fused-ring (bicyclic) bond motifs is 1. The van der Waals surface area contributed by atoms with Crippen molar-refractivity contribution in [2.24, 2.45) is 5.92 Å². The van der Waals surface area contributed by atoms with Crippen molar-refractivity contribution in [1.82, 2.24) is 14.8 Å². The second-order valence-corrected chi connectivity index (χ2v) is 7.71. The molecule has 2 amide bonds. The molecule has 1 aliphatic heterocycles. The van der Waals surface area contributed by atoms with E-state index in [0.717, 1.165) is 23.6 Å². The lowest BCUT2D eigenvalue weighted by atomic mass is 9.95. The predicted octanol–water partition coefficient (Wildman–Crippen LogP) is 2.71. The smallest absolute Gasteiger partial charge is 0.255 e. The Bertz CT molecular complexity index is 836. The maximum atomic E-state index is 13.3. The summed E-state index contributed by atoms with van der Waals surface area (Å²) in [6.07, 6.45) is 5.53. The highest BCUT2D eigenvalue weighted by Crippen LogP contribution is 2.33. The molecular weight excluding hydrogens is 314 g/mol. The van der Waals surface area contributed by atoms with Gasteiger partial charge in [-0.05, 0) is 44.2 Å². The second-order valence-electron chi connectivity index (χ2n) is 7.71. The average molecular weight is 337 g/mol. The molecule has 5 nitrogen and oxygen atoms in total. The number of piperazine rings is 1. The van der Waals surface area contributed by atoms with Gasteiger partial charge in [0, 0.05) is 48.9 Å². The van der Waals surface area contributed by atoms with Crippen molar-refractivity contribution in [2.75, 3.05) is 19.6 Å². The Labute approximate surface area is 147 Å². The van der Waals surface area contributed by atoms with E-state index in [1.54, 1.807) is 12.4 Å². The third-order valence-corrected chi connectivity index (χ3v) is 5.30. The first kappa shape index (κ1) is 16.1. The molecule has 0 N–H and O–H groups in total. The van der Waals surface area contributed by atoms with Gasteiger partial charge in [0.1, 0.15) is 0 Å². The van der Waals surface area contributed by atoms with Crippen LogP contribution in [0.2, 0.25) is 0 Å². The molecule has 1 aromatic heterocycles. The molecule has 0 bridgehead atoms. The Hall–Kier alpha value is -2.43. The van der Waals surface area contributed by atoms with E-state index in [-0.39, 0.29) is 23.3 Å². The lowest BCUT2D eigenvalue weighted by Crippen LogP contribution is -2.62. The van der Waals surface area contributed by atoms with E-state index in [1.165, 1.54) is 0 Å². The summed E-state index contributed by atoms with van der Waals surface area (Å²) in [6, 6.07) is 7.64. The normalized spacial score (nSPS) is 19.9. The minimum absolute atomic E-state index is 0.0281. The van der Waals surface area contributed by atoms with Crippen LogP contribution in [0.5, 0.6) is 0 Å². The molecule has 1 aliphatic carbocycles. The number of aromatic nitrogens is 1. The zero-order valence-corrected chi connectivity index (χ0v) is 14.7. The van der Waals surface area contributed by atoms with E-state index >= 15 is 0 Å². The highest BCUT2D eigenvalue weighted by molar-refractivity contribution is 6.07. The minimum Gasteiger partial charge on any atom is -0.338 e. The van der Waals surface area contributed by atoms with Crippen LogP contribution in [-0.4, -0.2) is 51.8 Å². The molecule has 0 unspecified atom stereocenters. The van der Waals surface area contributed by atoms with E-state index in [1.807, 2.05) is 47.9 Å². The van der Waals surface area contributed by atoms with Crippen LogP contribution in [0.25, 0.3) is 10.8 Å². The van der Waals surface area contributed by atoms with E-state index in [4.69, 9.17) is 0 Å². The monoisotopic (exact) mass is 337 g/mol. The van der Waals surface area contributed by atoms with Crippen molar-refractivity contribution in [2.45, 2.75) is 32.2 Å². The number of carbonyl (C=O) groups is 2. The van der Waals surface area contributed by atoms with Gasteiger partial charge in [-0.25, -0.2) is 0 Å². The first-order valence-corrected chi connectivity index (χ1v) is 8.91. The van der Waals surface area contributed by atoms with Crippen molar-refractivity contribution >= 4 is 22.6 Å². The first-order valence-electron chi connectivity index (χ1n) is 8.91. The molecule has 1 saturated heterocycles. The lowest BCUT2D eigenvalue weighted by molar-refractivity contribution is -0.136. The molecular formula is C20H23N3O2. The lowest BCUT2D eigenvalue weighted by Gasteiger charge is -2.47. The summed E-state index contributed by atoms with van der Waals surface area (Å²) in [5, 5.41) is 1.89. The number of rotatable bonds is 2. The topological polar surface area (TPSA) is 53.5 Å². The molecule has 2 heterocycles. The average Bonchev–Trinajstić information content (AvgIpc) is 3.44. The van der Waals surface area contributed by atoms with Gasteiger partial charge >= 0.3 is 0 Å². The Morgan fingerprint density at radius 1 is 1.16 bits per heavy atom. The number of hydrogen-bond donors (Lipinski definition) is 0. The number of amides is 2. The zero-order chi connectivity index (χ0) is 17.6. The van der Waals surface area contributed by atoms with Crippen LogP contribution in [0, 0.1) is 5.92 Å². The third kappa shape index (κ3) is 2.88. The minimum atomic E-state index is -0.380. The molecule has 2 aliphatic rings. The maximum Gasteiger partial charge on any atom is 0.255 e. The van der Waals surface area contributed by atoms with Crippen molar-refractivity contribution < 1.29 is 9.59 Å². The number of carbonyl (C=O) groups excluding carboxylic acids is 2. The SMILES string of the molecule is CC1(C)CN(C(=O)C2CC2)CCN1C(=O)c1cccc2cnccc12. The molecule has 2 fully saturated rings. The van der Waals surface area contributed by atoms with Gasteiger partial charge in [0.15, 0.2) is 0 Å². The van der Waals surface area contributed by atoms with Gasteiger partial charge in [-0.15, -0.1) is 0 Å². The van der Waals surface area contributed by atoms with E-state index < -0.39 is 0 Å². The standard InChI is InChI=1S/C20H23N3O2/c1-20(2)13-22(18(24)14-6-7-14)10-11-23(20)19(25)17-5-3-4-15-12-21-9-8-16(15)17/h3-5,8-9,12,14H,6-7,10-11,13H2,1-2H3. The molecule has 2 aromatic rings. The van der Waals surface area contributed by atoms with E-state index in [0.29, 0.717) is 25.2 Å². The van der Waals surface area contributed by atoms with Gasteiger partial charge in [0.25, 0.3) is 5.91 Å². The van der Waals surface area contributed by atoms with Gasteiger partial charge in [0.05, 0.1) is 5.54 Å². The molecule has 0 radical (unpaired) electrons. The van der Waals surface area contributed by atoms with E-state index in [9.17, 15) is 9.59 Å². The number of pyridine rings is 1. The van der Waals surface area contributed by atoms with Gasteiger partial charge in [-0.3, -0.25) is 14.6 Å². The van der Waals surface area contributed by atoms with Crippen LogP contribution in [0.15, 0.2) is 36.7 Å². The summed E-state index contributed by atoms with van der Waals surface area (Å²) in [6.45, 7) is 5.89. The van der Waals surface area contributed by atoms with Crippen LogP contribution >= 0.6 is 0 Å². The molecule has 1 aromatic carbocycles. The van der Waals surface area contributed by atoms with Gasteiger partial charge in [-0.1, -0.05) is 12.1 Å². The molecule has 0 atom stereocenters. The molecule has 5 heteroatoms. The predicted molar refractivity (Wildman–Crippen MR) is 96.2 cm³/mol. The van der Waals surface area contributed by atoms with Crippen LogP contribution in [0.4, 0.5) is 0 Å².